The molecule has 4 nitrogen and oxygen atoms in total. The summed E-state index contributed by atoms with van der Waals surface area (Å²) in [5, 5.41) is 12.5. The van der Waals surface area contributed by atoms with Crippen molar-refractivity contribution >= 4 is 29.2 Å². The molecule has 2 atom stereocenters. The second-order valence-corrected chi connectivity index (χ2v) is 5.48. The van der Waals surface area contributed by atoms with E-state index in [1.165, 1.54) is 0 Å². The van der Waals surface area contributed by atoms with Crippen LogP contribution in [-0.4, -0.2) is 17.0 Å². The van der Waals surface area contributed by atoms with Gasteiger partial charge in [-0.15, -0.1) is 0 Å². The Labute approximate surface area is 122 Å². The molecule has 20 heavy (non-hydrogen) atoms. The van der Waals surface area contributed by atoms with Crippen molar-refractivity contribution in [2.45, 2.75) is 19.8 Å². The first-order chi connectivity index (χ1) is 9.47. The second-order valence-electron chi connectivity index (χ2n) is 5.00. The lowest BCUT2D eigenvalue weighted by molar-refractivity contribution is -0.146. The van der Waals surface area contributed by atoms with Gasteiger partial charge in [0.05, 0.1) is 11.8 Å². The summed E-state index contributed by atoms with van der Waals surface area (Å²) in [5.41, 5.74) is 1.76. The van der Waals surface area contributed by atoms with Gasteiger partial charge in [0.25, 0.3) is 0 Å². The maximum Gasteiger partial charge on any atom is 0.307 e. The van der Waals surface area contributed by atoms with Gasteiger partial charge in [-0.25, -0.2) is 0 Å². The Hall–Kier alpha value is -1.81. The Balaban J connectivity index is 2.12. The maximum absolute atomic E-state index is 12.3. The largest absolute Gasteiger partial charge is 0.481 e. The SMILES string of the molecule is Cc1ccc(NC(=O)[C@H]2CC(Cl)=CC[C@H]2C(=O)O)cc1. The molecule has 0 aromatic heterocycles. The van der Waals surface area contributed by atoms with Crippen molar-refractivity contribution in [2.75, 3.05) is 5.32 Å². The first-order valence-electron chi connectivity index (χ1n) is 6.42. The summed E-state index contributed by atoms with van der Waals surface area (Å²) in [6.07, 6.45) is 2.24. The zero-order chi connectivity index (χ0) is 14.7. The van der Waals surface area contributed by atoms with Crippen molar-refractivity contribution in [3.05, 3.63) is 40.9 Å². The Morgan fingerprint density at radius 3 is 2.50 bits per heavy atom. The van der Waals surface area contributed by atoms with Crippen LogP contribution in [-0.2, 0) is 9.59 Å². The molecule has 1 aromatic rings. The van der Waals surface area contributed by atoms with Gasteiger partial charge in [-0.1, -0.05) is 35.4 Å². The first kappa shape index (κ1) is 14.6. The molecular formula is C15H16ClNO3. The van der Waals surface area contributed by atoms with Crippen LogP contribution < -0.4 is 5.32 Å². The van der Waals surface area contributed by atoms with E-state index in [-0.39, 0.29) is 12.3 Å². The van der Waals surface area contributed by atoms with E-state index in [0.29, 0.717) is 17.1 Å². The summed E-state index contributed by atoms with van der Waals surface area (Å²) >= 11 is 5.94. The molecular weight excluding hydrogens is 278 g/mol. The van der Waals surface area contributed by atoms with Crippen LogP contribution in [0, 0.1) is 18.8 Å². The van der Waals surface area contributed by atoms with Gasteiger partial charge >= 0.3 is 5.97 Å². The minimum Gasteiger partial charge on any atom is -0.481 e. The third-order valence-corrected chi connectivity index (χ3v) is 3.78. The van der Waals surface area contributed by atoms with Crippen LogP contribution in [0.15, 0.2) is 35.4 Å². The number of halogens is 1. The number of anilines is 1. The molecule has 0 saturated heterocycles. The molecule has 0 radical (unpaired) electrons. The van der Waals surface area contributed by atoms with E-state index in [1.807, 2.05) is 19.1 Å². The molecule has 1 aromatic carbocycles. The molecule has 106 valence electrons. The van der Waals surface area contributed by atoms with Crippen LogP contribution in [0.2, 0.25) is 0 Å². The molecule has 1 aliphatic rings. The van der Waals surface area contributed by atoms with Crippen LogP contribution in [0.5, 0.6) is 0 Å². The van der Waals surface area contributed by atoms with Gasteiger partial charge < -0.3 is 10.4 Å². The fourth-order valence-corrected chi connectivity index (χ4v) is 2.53. The summed E-state index contributed by atoms with van der Waals surface area (Å²) in [5.74, 6) is -2.61. The van der Waals surface area contributed by atoms with Crippen molar-refractivity contribution in [2.24, 2.45) is 11.8 Å². The zero-order valence-corrected chi connectivity index (χ0v) is 11.9. The summed E-state index contributed by atoms with van der Waals surface area (Å²) in [6, 6.07) is 7.36. The molecule has 2 N–H and O–H groups in total. The smallest absolute Gasteiger partial charge is 0.307 e. The predicted molar refractivity (Wildman–Crippen MR) is 77.6 cm³/mol. The molecule has 0 saturated carbocycles. The summed E-state index contributed by atoms with van der Waals surface area (Å²) in [4.78, 5) is 23.5. The van der Waals surface area contributed by atoms with E-state index >= 15 is 0 Å². The molecule has 0 spiro atoms. The Morgan fingerprint density at radius 2 is 1.90 bits per heavy atom. The molecule has 0 heterocycles. The maximum atomic E-state index is 12.3. The number of carboxylic acids is 1. The molecule has 2 rings (SSSR count). The van der Waals surface area contributed by atoms with Crippen LogP contribution in [0.3, 0.4) is 0 Å². The minimum atomic E-state index is -0.963. The number of carboxylic acid groups (broad SMARTS) is 1. The van der Waals surface area contributed by atoms with Crippen LogP contribution in [0.1, 0.15) is 18.4 Å². The number of carbonyl (C=O) groups excluding carboxylic acids is 1. The fourth-order valence-electron chi connectivity index (χ4n) is 2.27. The molecule has 5 heteroatoms. The predicted octanol–water partition coefficient (Wildman–Crippen LogP) is 3.17. The van der Waals surface area contributed by atoms with E-state index in [0.717, 1.165) is 5.56 Å². The normalized spacial score (nSPS) is 22.0. The summed E-state index contributed by atoms with van der Waals surface area (Å²) in [7, 11) is 0. The van der Waals surface area contributed by atoms with Crippen molar-refractivity contribution in [1.82, 2.24) is 0 Å². The number of hydrogen-bond acceptors (Lipinski definition) is 2. The standard InChI is InChI=1S/C15H16ClNO3/c1-9-2-5-11(6-3-9)17-14(18)13-8-10(16)4-7-12(13)15(19)20/h2-6,12-13H,7-8H2,1H3,(H,17,18)(H,19,20)/t12-,13+/m1/s1. The Kier molecular flexibility index (Phi) is 4.45. The van der Waals surface area contributed by atoms with Crippen molar-refractivity contribution in [3.8, 4) is 0 Å². The van der Waals surface area contributed by atoms with Crippen LogP contribution in [0.4, 0.5) is 5.69 Å². The van der Waals surface area contributed by atoms with Crippen LogP contribution in [0.25, 0.3) is 0 Å². The molecule has 0 unspecified atom stereocenters. The fraction of sp³-hybridized carbons (Fsp3) is 0.333. The lowest BCUT2D eigenvalue weighted by atomic mass is 9.82. The van der Waals surface area contributed by atoms with Gasteiger partial charge in [0.15, 0.2) is 0 Å². The number of rotatable bonds is 3. The quantitative estimate of drug-likeness (QED) is 0.899. The van der Waals surface area contributed by atoms with Gasteiger partial charge in [-0.3, -0.25) is 9.59 Å². The number of carbonyl (C=O) groups is 2. The lowest BCUT2D eigenvalue weighted by Gasteiger charge is -2.25. The van der Waals surface area contributed by atoms with E-state index in [9.17, 15) is 14.7 Å². The van der Waals surface area contributed by atoms with E-state index < -0.39 is 17.8 Å². The Bertz CT molecular complexity index is 551. The summed E-state index contributed by atoms with van der Waals surface area (Å²) in [6.45, 7) is 1.96. The van der Waals surface area contributed by atoms with Gasteiger partial charge in [0.1, 0.15) is 0 Å². The van der Waals surface area contributed by atoms with Crippen molar-refractivity contribution in [1.29, 1.82) is 0 Å². The highest BCUT2D eigenvalue weighted by Gasteiger charge is 2.36. The number of benzene rings is 1. The van der Waals surface area contributed by atoms with Crippen molar-refractivity contribution in [3.63, 3.8) is 0 Å². The number of aliphatic carboxylic acids is 1. The van der Waals surface area contributed by atoms with Crippen molar-refractivity contribution < 1.29 is 14.7 Å². The Morgan fingerprint density at radius 1 is 1.25 bits per heavy atom. The topological polar surface area (TPSA) is 66.4 Å². The minimum absolute atomic E-state index is 0.274. The molecule has 0 fully saturated rings. The number of hydrogen-bond donors (Lipinski definition) is 2. The second kappa shape index (κ2) is 6.09. The number of aryl methyl sites for hydroxylation is 1. The highest BCUT2D eigenvalue weighted by atomic mass is 35.5. The molecule has 0 aliphatic heterocycles. The highest BCUT2D eigenvalue weighted by molar-refractivity contribution is 6.29. The molecule has 0 bridgehead atoms. The summed E-state index contributed by atoms with van der Waals surface area (Å²) < 4.78 is 0. The molecule has 1 amide bonds. The average Bonchev–Trinajstić information content (AvgIpc) is 2.41. The third kappa shape index (κ3) is 3.39. The van der Waals surface area contributed by atoms with Gasteiger partial charge in [0, 0.05) is 10.7 Å². The average molecular weight is 294 g/mol. The van der Waals surface area contributed by atoms with E-state index in [4.69, 9.17) is 11.6 Å². The number of nitrogens with one attached hydrogen (secondary N) is 1. The number of allylic oxidation sites excluding steroid dienone is 2. The first-order valence-corrected chi connectivity index (χ1v) is 6.80. The highest BCUT2D eigenvalue weighted by Crippen LogP contribution is 2.32. The monoisotopic (exact) mass is 293 g/mol. The third-order valence-electron chi connectivity index (χ3n) is 3.47. The van der Waals surface area contributed by atoms with E-state index in [1.54, 1.807) is 18.2 Å². The molecule has 1 aliphatic carbocycles. The van der Waals surface area contributed by atoms with Gasteiger partial charge in [0.2, 0.25) is 5.91 Å². The zero-order valence-electron chi connectivity index (χ0n) is 11.1. The van der Waals surface area contributed by atoms with Gasteiger partial charge in [-0.05, 0) is 31.9 Å². The van der Waals surface area contributed by atoms with Gasteiger partial charge in [-0.2, -0.15) is 0 Å². The lowest BCUT2D eigenvalue weighted by Crippen LogP contribution is -2.35. The van der Waals surface area contributed by atoms with E-state index in [2.05, 4.69) is 5.32 Å². The number of amides is 1. The van der Waals surface area contributed by atoms with Crippen LogP contribution >= 0.6 is 11.6 Å².